The topological polar surface area (TPSA) is 80.3 Å². The molecule has 0 fully saturated rings. The number of carbonyl (C=O) groups is 2. The number of anilines is 2. The Kier molecular flexibility index (Phi) is 5.52. The number of fused-ring (bicyclic) bond motifs is 1. The van der Waals surface area contributed by atoms with E-state index in [1.165, 1.54) is 30.5 Å². The molecule has 0 spiro atoms. The van der Waals surface area contributed by atoms with Gasteiger partial charge in [-0.25, -0.2) is 9.37 Å². The van der Waals surface area contributed by atoms with Crippen LogP contribution in [-0.2, 0) is 17.4 Å². The molecule has 2 aromatic carbocycles. The van der Waals surface area contributed by atoms with Crippen molar-refractivity contribution in [2.75, 3.05) is 10.6 Å². The number of amides is 2. The summed E-state index contributed by atoms with van der Waals surface area (Å²) in [6.45, 7) is 0. The summed E-state index contributed by atoms with van der Waals surface area (Å²) in [5.41, 5.74) is -0.432. The summed E-state index contributed by atoms with van der Waals surface area (Å²) in [5.74, 6) is -1.29. The molecule has 2 heterocycles. The van der Waals surface area contributed by atoms with E-state index >= 15 is 0 Å². The zero-order chi connectivity index (χ0) is 22.9. The van der Waals surface area contributed by atoms with E-state index in [4.69, 9.17) is 4.74 Å². The molecule has 1 aliphatic rings. The van der Waals surface area contributed by atoms with E-state index in [0.29, 0.717) is 17.8 Å². The van der Waals surface area contributed by atoms with Gasteiger partial charge in [0.05, 0.1) is 5.56 Å². The van der Waals surface area contributed by atoms with Crippen molar-refractivity contribution in [2.45, 2.75) is 19.0 Å². The molecule has 4 rings (SSSR count). The fourth-order valence-electron chi connectivity index (χ4n) is 3.17. The maximum Gasteiger partial charge on any atom is 0.416 e. The maximum absolute atomic E-state index is 14.3. The van der Waals surface area contributed by atoms with Gasteiger partial charge in [-0.15, -0.1) is 0 Å². The van der Waals surface area contributed by atoms with Gasteiger partial charge < -0.3 is 15.4 Å². The summed E-state index contributed by atoms with van der Waals surface area (Å²) in [6.07, 6.45) is -2.60. The quantitative estimate of drug-likeness (QED) is 0.543. The van der Waals surface area contributed by atoms with E-state index in [2.05, 4.69) is 15.6 Å². The summed E-state index contributed by atoms with van der Waals surface area (Å²) in [7, 11) is 0. The predicted octanol–water partition coefficient (Wildman–Crippen LogP) is 5.17. The number of benzene rings is 2. The van der Waals surface area contributed by atoms with Crippen LogP contribution in [0.1, 0.15) is 27.9 Å². The zero-order valence-electron chi connectivity index (χ0n) is 16.3. The first-order valence-electron chi connectivity index (χ1n) is 9.44. The van der Waals surface area contributed by atoms with Gasteiger partial charge in [-0.3, -0.25) is 9.59 Å². The molecule has 0 aliphatic carbocycles. The second-order valence-corrected chi connectivity index (χ2v) is 6.96. The number of ether oxygens (including phenoxy) is 1. The van der Waals surface area contributed by atoms with Crippen LogP contribution < -0.4 is 15.4 Å². The average Bonchev–Trinajstić information content (AvgIpc) is 2.75. The maximum atomic E-state index is 14.3. The molecule has 1 aromatic heterocycles. The van der Waals surface area contributed by atoms with Gasteiger partial charge in [-0.05, 0) is 42.8 Å². The van der Waals surface area contributed by atoms with Crippen LogP contribution in [0.15, 0.2) is 54.7 Å². The van der Waals surface area contributed by atoms with E-state index in [0.717, 1.165) is 24.3 Å². The third-order valence-electron chi connectivity index (χ3n) is 4.73. The highest BCUT2D eigenvalue weighted by Gasteiger charge is 2.31. The highest BCUT2D eigenvalue weighted by Crippen LogP contribution is 2.35. The Morgan fingerprint density at radius 1 is 1.06 bits per heavy atom. The minimum atomic E-state index is -4.59. The number of nitrogens with zero attached hydrogens (tertiary/aromatic N) is 1. The molecule has 2 amide bonds. The van der Waals surface area contributed by atoms with E-state index < -0.39 is 23.5 Å². The SMILES string of the molecule is O=C1CCc2c(Oc3cc(NC(=O)c4cccc(C(F)(F)F)c4)ccc3F)ccnc2N1. The molecule has 0 saturated heterocycles. The van der Waals surface area contributed by atoms with Gasteiger partial charge in [0.25, 0.3) is 5.91 Å². The first kappa shape index (κ1) is 21.3. The van der Waals surface area contributed by atoms with Crippen molar-refractivity contribution in [1.82, 2.24) is 4.98 Å². The number of aromatic nitrogens is 1. The second-order valence-electron chi connectivity index (χ2n) is 6.96. The van der Waals surface area contributed by atoms with Gasteiger partial charge in [0, 0.05) is 35.5 Å². The van der Waals surface area contributed by atoms with Crippen molar-refractivity contribution in [3.8, 4) is 11.5 Å². The van der Waals surface area contributed by atoms with Crippen LogP contribution in [0.4, 0.5) is 29.1 Å². The molecular weight excluding hydrogens is 430 g/mol. The lowest BCUT2D eigenvalue weighted by atomic mass is 10.1. The fraction of sp³-hybridized carbons (Fsp3) is 0.136. The largest absolute Gasteiger partial charge is 0.454 e. The lowest BCUT2D eigenvalue weighted by molar-refractivity contribution is -0.137. The zero-order valence-corrected chi connectivity index (χ0v) is 16.3. The van der Waals surface area contributed by atoms with Crippen molar-refractivity contribution < 1.29 is 31.9 Å². The van der Waals surface area contributed by atoms with Crippen LogP contribution in [0.3, 0.4) is 0 Å². The predicted molar refractivity (Wildman–Crippen MR) is 107 cm³/mol. The molecule has 10 heteroatoms. The molecular formula is C22H15F4N3O3. The van der Waals surface area contributed by atoms with E-state index in [9.17, 15) is 27.2 Å². The number of nitrogens with one attached hydrogen (secondary N) is 2. The van der Waals surface area contributed by atoms with Crippen LogP contribution in [0.25, 0.3) is 0 Å². The van der Waals surface area contributed by atoms with Crippen molar-refractivity contribution in [3.63, 3.8) is 0 Å². The minimum Gasteiger partial charge on any atom is -0.454 e. The minimum absolute atomic E-state index is 0.125. The third-order valence-corrected chi connectivity index (χ3v) is 4.73. The van der Waals surface area contributed by atoms with E-state index in [-0.39, 0.29) is 35.1 Å². The van der Waals surface area contributed by atoms with Crippen molar-refractivity contribution in [2.24, 2.45) is 0 Å². The Hall–Kier alpha value is -3.95. The van der Waals surface area contributed by atoms with Gasteiger partial charge in [0.15, 0.2) is 11.6 Å². The van der Waals surface area contributed by atoms with E-state index in [1.54, 1.807) is 0 Å². The third kappa shape index (κ3) is 4.53. The smallest absolute Gasteiger partial charge is 0.416 e. The molecule has 0 unspecified atom stereocenters. The van der Waals surface area contributed by atoms with Crippen LogP contribution in [0.2, 0.25) is 0 Å². The summed E-state index contributed by atoms with van der Waals surface area (Å²) in [4.78, 5) is 28.0. The van der Waals surface area contributed by atoms with Crippen LogP contribution in [0, 0.1) is 5.82 Å². The normalized spacial score (nSPS) is 13.2. The number of carbonyl (C=O) groups excluding carboxylic acids is 2. The van der Waals surface area contributed by atoms with Crippen molar-refractivity contribution in [1.29, 1.82) is 0 Å². The highest BCUT2D eigenvalue weighted by molar-refractivity contribution is 6.04. The van der Waals surface area contributed by atoms with Crippen LogP contribution >= 0.6 is 0 Å². The number of pyridine rings is 1. The Bertz CT molecular complexity index is 1210. The van der Waals surface area contributed by atoms with Gasteiger partial charge in [-0.1, -0.05) is 6.07 Å². The van der Waals surface area contributed by atoms with Gasteiger partial charge in [0.2, 0.25) is 5.91 Å². The summed E-state index contributed by atoms with van der Waals surface area (Å²) in [6, 6.07) is 9.01. The molecule has 0 radical (unpaired) electrons. The Morgan fingerprint density at radius 3 is 2.66 bits per heavy atom. The Morgan fingerprint density at radius 2 is 1.88 bits per heavy atom. The fourth-order valence-corrected chi connectivity index (χ4v) is 3.17. The summed E-state index contributed by atoms with van der Waals surface area (Å²) < 4.78 is 58.7. The second kappa shape index (κ2) is 8.29. The molecule has 2 N–H and O–H groups in total. The lowest BCUT2D eigenvalue weighted by Crippen LogP contribution is -2.20. The van der Waals surface area contributed by atoms with E-state index in [1.807, 2.05) is 0 Å². The molecule has 1 aliphatic heterocycles. The highest BCUT2D eigenvalue weighted by atomic mass is 19.4. The van der Waals surface area contributed by atoms with Crippen LogP contribution in [-0.4, -0.2) is 16.8 Å². The number of alkyl halides is 3. The monoisotopic (exact) mass is 445 g/mol. The molecule has 32 heavy (non-hydrogen) atoms. The number of hydrogen-bond acceptors (Lipinski definition) is 4. The number of rotatable bonds is 4. The first-order valence-corrected chi connectivity index (χ1v) is 9.44. The van der Waals surface area contributed by atoms with Gasteiger partial charge in [-0.2, -0.15) is 13.2 Å². The molecule has 6 nitrogen and oxygen atoms in total. The van der Waals surface area contributed by atoms with Crippen LogP contribution in [0.5, 0.6) is 11.5 Å². The number of hydrogen-bond donors (Lipinski definition) is 2. The van der Waals surface area contributed by atoms with Gasteiger partial charge in [0.1, 0.15) is 11.6 Å². The van der Waals surface area contributed by atoms with Crippen molar-refractivity contribution in [3.05, 3.63) is 77.2 Å². The molecule has 0 bridgehead atoms. The molecule has 3 aromatic rings. The molecule has 0 saturated carbocycles. The van der Waals surface area contributed by atoms with Gasteiger partial charge >= 0.3 is 6.18 Å². The first-order chi connectivity index (χ1) is 15.2. The molecule has 164 valence electrons. The Labute approximate surface area is 179 Å². The average molecular weight is 445 g/mol. The summed E-state index contributed by atoms with van der Waals surface area (Å²) in [5, 5.41) is 5.05. The lowest BCUT2D eigenvalue weighted by Gasteiger charge is -2.19. The summed E-state index contributed by atoms with van der Waals surface area (Å²) >= 11 is 0. The Balaban J connectivity index is 1.56. The molecule has 0 atom stereocenters. The van der Waals surface area contributed by atoms with Crippen molar-refractivity contribution >= 4 is 23.3 Å². The standard InChI is InChI=1S/C22H15F4N3O3/c23-16-6-4-14(28-21(31)12-2-1-3-13(10-12)22(24,25)26)11-18(16)32-17-8-9-27-20-15(17)5-7-19(30)29-20/h1-4,6,8-11H,5,7H2,(H,28,31)(H,27,29,30). The number of halogens is 4.